The minimum atomic E-state index is -0.557. The Balaban J connectivity index is 1.34. The Morgan fingerprint density at radius 3 is 2.79 bits per heavy atom. The normalized spacial score (nSPS) is 15.5. The fourth-order valence-electron chi connectivity index (χ4n) is 3.60. The summed E-state index contributed by atoms with van der Waals surface area (Å²) < 4.78 is 20.1. The van der Waals surface area contributed by atoms with Crippen LogP contribution in [0, 0.1) is 5.82 Å². The molecule has 0 unspecified atom stereocenters. The molecule has 1 fully saturated rings. The van der Waals surface area contributed by atoms with E-state index < -0.39 is 18.0 Å². The molecule has 1 aromatic heterocycles. The van der Waals surface area contributed by atoms with E-state index in [0.717, 1.165) is 29.8 Å². The van der Waals surface area contributed by atoms with Gasteiger partial charge >= 0.3 is 6.09 Å². The van der Waals surface area contributed by atoms with Crippen LogP contribution in [0.2, 0.25) is 0 Å². The third-order valence-electron chi connectivity index (χ3n) is 5.35. The number of benzene rings is 2. The summed E-state index contributed by atoms with van der Waals surface area (Å²) in [5, 5.41) is 16.2. The second-order valence-electron chi connectivity index (χ2n) is 7.82. The number of aromatic nitrogens is 3. The molecule has 172 valence electrons. The van der Waals surface area contributed by atoms with E-state index in [1.165, 1.54) is 17.9 Å². The first-order chi connectivity index (χ1) is 16.0. The third kappa shape index (κ3) is 5.72. The molecule has 2 aromatic carbocycles. The van der Waals surface area contributed by atoms with Crippen molar-refractivity contribution < 1.29 is 18.7 Å². The lowest BCUT2D eigenvalue weighted by Crippen LogP contribution is -2.33. The quantitative estimate of drug-likeness (QED) is 0.430. The number of carbonyl (C=O) groups is 2. The van der Waals surface area contributed by atoms with Gasteiger partial charge in [0.15, 0.2) is 0 Å². The Morgan fingerprint density at radius 2 is 2.09 bits per heavy atom. The lowest BCUT2D eigenvalue weighted by atomic mass is 10.0. The maximum absolute atomic E-state index is 14.9. The van der Waals surface area contributed by atoms with E-state index in [9.17, 15) is 14.0 Å². The first-order valence-corrected chi connectivity index (χ1v) is 10.7. The number of hydrogen-bond donors (Lipinski definition) is 3. The van der Waals surface area contributed by atoms with Crippen LogP contribution in [0.4, 0.5) is 14.9 Å². The predicted octanol–water partition coefficient (Wildman–Crippen LogP) is 2.40. The van der Waals surface area contributed by atoms with Gasteiger partial charge in [0.25, 0.3) is 0 Å². The van der Waals surface area contributed by atoms with Crippen LogP contribution < -0.4 is 15.5 Å². The SMILES string of the molecule is CC(=O)NC[C@H]1CN(c2ccc(-c3ccc(CNCCc4cnn[nH]4)cc3)c(F)c2)C(=O)O1. The standard InChI is InChI=1S/C23H25FN6O3/c1-15(31)26-13-20-14-30(23(32)33-20)19-6-7-21(22(24)10-19)17-4-2-16(3-5-17)11-25-9-8-18-12-27-29-28-18/h2-7,10,12,20,25H,8-9,11,13-14H2,1H3,(H,26,31)(H,27,28,29)/t20-/m0/s1. The van der Waals surface area contributed by atoms with Gasteiger partial charge in [-0.1, -0.05) is 29.5 Å². The molecule has 3 N–H and O–H groups in total. The number of nitrogens with one attached hydrogen (secondary N) is 3. The number of anilines is 1. The fourth-order valence-corrected chi connectivity index (χ4v) is 3.60. The number of carbonyl (C=O) groups excluding carboxylic acids is 2. The van der Waals surface area contributed by atoms with Crippen LogP contribution in [0.25, 0.3) is 11.1 Å². The molecule has 1 aliphatic heterocycles. The van der Waals surface area contributed by atoms with Crippen LogP contribution in [0.3, 0.4) is 0 Å². The number of H-pyrrole nitrogens is 1. The van der Waals surface area contributed by atoms with E-state index in [2.05, 4.69) is 26.0 Å². The number of rotatable bonds is 9. The molecule has 0 spiro atoms. The van der Waals surface area contributed by atoms with Gasteiger partial charge < -0.3 is 15.4 Å². The van der Waals surface area contributed by atoms with Crippen molar-refractivity contribution in [2.24, 2.45) is 0 Å². The van der Waals surface area contributed by atoms with Crippen LogP contribution in [0.5, 0.6) is 0 Å². The second-order valence-corrected chi connectivity index (χ2v) is 7.82. The van der Waals surface area contributed by atoms with Crippen LogP contribution in [-0.2, 0) is 22.5 Å². The fraction of sp³-hybridized carbons (Fsp3) is 0.304. The van der Waals surface area contributed by atoms with Gasteiger partial charge in [0.1, 0.15) is 11.9 Å². The Kier molecular flexibility index (Phi) is 6.94. The molecule has 2 heterocycles. The highest BCUT2D eigenvalue weighted by molar-refractivity contribution is 5.90. The number of hydrogen-bond acceptors (Lipinski definition) is 6. The molecule has 9 nitrogen and oxygen atoms in total. The van der Waals surface area contributed by atoms with E-state index in [0.29, 0.717) is 17.8 Å². The molecule has 10 heteroatoms. The van der Waals surface area contributed by atoms with Crippen LogP contribution in [0.15, 0.2) is 48.7 Å². The van der Waals surface area contributed by atoms with E-state index in [4.69, 9.17) is 4.74 Å². The molecule has 1 saturated heterocycles. The Morgan fingerprint density at radius 1 is 1.27 bits per heavy atom. The summed E-state index contributed by atoms with van der Waals surface area (Å²) in [5.74, 6) is -0.627. The topological polar surface area (TPSA) is 112 Å². The molecular formula is C23H25FN6O3. The van der Waals surface area contributed by atoms with Gasteiger partial charge in [0.2, 0.25) is 5.91 Å². The summed E-state index contributed by atoms with van der Waals surface area (Å²) in [6.45, 7) is 3.34. The van der Waals surface area contributed by atoms with Gasteiger partial charge in [-0.05, 0) is 29.3 Å². The Hall–Kier alpha value is -3.79. The van der Waals surface area contributed by atoms with E-state index in [1.54, 1.807) is 18.3 Å². The van der Waals surface area contributed by atoms with Crippen molar-refractivity contribution in [1.82, 2.24) is 26.0 Å². The summed E-state index contributed by atoms with van der Waals surface area (Å²) in [4.78, 5) is 24.6. The molecule has 4 rings (SSSR count). The van der Waals surface area contributed by atoms with Crippen molar-refractivity contribution in [3.8, 4) is 11.1 Å². The predicted molar refractivity (Wildman–Crippen MR) is 120 cm³/mol. The number of ether oxygens (including phenoxy) is 1. The van der Waals surface area contributed by atoms with Crippen LogP contribution in [0.1, 0.15) is 18.2 Å². The highest BCUT2D eigenvalue weighted by Crippen LogP contribution is 2.29. The van der Waals surface area contributed by atoms with Gasteiger partial charge in [-0.15, -0.1) is 5.10 Å². The monoisotopic (exact) mass is 452 g/mol. The Labute approximate surface area is 190 Å². The first kappa shape index (κ1) is 22.4. The number of halogens is 1. The minimum absolute atomic E-state index is 0.201. The highest BCUT2D eigenvalue weighted by Gasteiger charge is 2.32. The van der Waals surface area contributed by atoms with Gasteiger partial charge in [-0.2, -0.15) is 0 Å². The summed E-state index contributed by atoms with van der Waals surface area (Å²) in [5.41, 5.74) is 3.68. The zero-order chi connectivity index (χ0) is 23.2. The van der Waals surface area contributed by atoms with E-state index in [-0.39, 0.29) is 19.0 Å². The van der Waals surface area contributed by atoms with Crippen molar-refractivity contribution in [3.63, 3.8) is 0 Å². The molecule has 0 saturated carbocycles. The largest absolute Gasteiger partial charge is 0.442 e. The highest BCUT2D eigenvalue weighted by atomic mass is 19.1. The van der Waals surface area contributed by atoms with Gasteiger partial charge in [0.05, 0.1) is 30.7 Å². The number of amides is 2. The number of cyclic esters (lactones) is 1. The molecule has 3 aromatic rings. The summed E-state index contributed by atoms with van der Waals surface area (Å²) >= 11 is 0. The van der Waals surface area contributed by atoms with Crippen molar-refractivity contribution in [2.75, 3.05) is 24.5 Å². The molecular weight excluding hydrogens is 427 g/mol. The molecule has 1 aliphatic rings. The van der Waals surface area contributed by atoms with Gasteiger partial charge in [-0.25, -0.2) is 9.18 Å². The Bertz CT molecular complexity index is 1100. The van der Waals surface area contributed by atoms with Crippen molar-refractivity contribution in [1.29, 1.82) is 0 Å². The maximum atomic E-state index is 14.9. The number of aromatic amines is 1. The lowest BCUT2D eigenvalue weighted by molar-refractivity contribution is -0.119. The van der Waals surface area contributed by atoms with Gasteiger partial charge in [-0.3, -0.25) is 14.8 Å². The maximum Gasteiger partial charge on any atom is 0.414 e. The zero-order valence-corrected chi connectivity index (χ0v) is 18.2. The molecule has 33 heavy (non-hydrogen) atoms. The summed E-state index contributed by atoms with van der Waals surface area (Å²) in [6.07, 6.45) is 1.48. The van der Waals surface area contributed by atoms with Crippen molar-refractivity contribution in [2.45, 2.75) is 26.0 Å². The molecule has 0 bridgehead atoms. The number of nitrogens with zero attached hydrogens (tertiary/aromatic N) is 3. The molecule has 2 amide bonds. The molecule has 1 atom stereocenters. The van der Waals surface area contributed by atoms with Crippen LogP contribution >= 0.6 is 0 Å². The van der Waals surface area contributed by atoms with E-state index in [1.807, 2.05) is 24.3 Å². The van der Waals surface area contributed by atoms with Gasteiger partial charge in [0, 0.05) is 32.0 Å². The summed E-state index contributed by atoms with van der Waals surface area (Å²) in [7, 11) is 0. The first-order valence-electron chi connectivity index (χ1n) is 10.7. The average Bonchev–Trinajstić information content (AvgIpc) is 3.45. The lowest BCUT2D eigenvalue weighted by Gasteiger charge is -2.15. The zero-order valence-electron chi connectivity index (χ0n) is 18.2. The summed E-state index contributed by atoms with van der Waals surface area (Å²) in [6, 6.07) is 12.3. The molecule has 0 aliphatic carbocycles. The second kappa shape index (κ2) is 10.2. The smallest absolute Gasteiger partial charge is 0.414 e. The van der Waals surface area contributed by atoms with Crippen LogP contribution in [-0.4, -0.2) is 53.1 Å². The van der Waals surface area contributed by atoms with Crippen molar-refractivity contribution in [3.05, 3.63) is 65.7 Å². The van der Waals surface area contributed by atoms with E-state index >= 15 is 0 Å². The minimum Gasteiger partial charge on any atom is -0.442 e. The third-order valence-corrected chi connectivity index (χ3v) is 5.35. The average molecular weight is 452 g/mol. The van der Waals surface area contributed by atoms with Crippen molar-refractivity contribution >= 4 is 17.7 Å². The molecule has 0 radical (unpaired) electrons.